The Hall–Kier alpha value is -0.120. The maximum Gasteiger partial charge on any atom is 0.147 e. The molecule has 0 aliphatic carbocycles. The van der Waals surface area contributed by atoms with Crippen molar-refractivity contribution in [1.82, 2.24) is 0 Å². The molecule has 0 unspecified atom stereocenters. The summed E-state index contributed by atoms with van der Waals surface area (Å²) < 4.78 is 11.1. The average Bonchev–Trinajstić information content (AvgIpc) is 2.02. The van der Waals surface area contributed by atoms with Crippen molar-refractivity contribution in [3.8, 4) is 0 Å². The topological polar surface area (TPSA) is 18.5 Å². The van der Waals surface area contributed by atoms with Crippen molar-refractivity contribution in [2.24, 2.45) is 0 Å². The molecule has 1 rings (SSSR count). The van der Waals surface area contributed by atoms with Crippen LogP contribution in [0.3, 0.4) is 0 Å². The molecule has 0 saturated carbocycles. The second-order valence-corrected chi connectivity index (χ2v) is 2.77. The first-order chi connectivity index (χ1) is 4.89. The van der Waals surface area contributed by atoms with E-state index >= 15 is 0 Å². The van der Waals surface area contributed by atoms with Gasteiger partial charge in [-0.3, -0.25) is 0 Å². The zero-order valence-corrected chi connectivity index (χ0v) is 7.13. The van der Waals surface area contributed by atoms with Crippen LogP contribution in [-0.2, 0) is 9.47 Å². The summed E-state index contributed by atoms with van der Waals surface area (Å²) in [6.45, 7) is 1.59. The molecule has 3 heteroatoms. The molecule has 0 fully saturated rings. The van der Waals surface area contributed by atoms with E-state index < -0.39 is 0 Å². The lowest BCUT2D eigenvalue weighted by Gasteiger charge is -1.97. The number of halogens is 1. The van der Waals surface area contributed by atoms with E-state index in [-0.39, 0.29) is 0 Å². The summed E-state index contributed by atoms with van der Waals surface area (Å²) in [5.41, 5.74) is 0. The minimum absolute atomic E-state index is 0.376. The molecule has 0 aromatic heterocycles. The smallest absolute Gasteiger partial charge is 0.147 e. The first-order valence-corrected chi connectivity index (χ1v) is 3.86. The highest BCUT2D eigenvalue weighted by Gasteiger charge is 1.89. The molecular weight excluding hydrogens is 196 g/mol. The van der Waals surface area contributed by atoms with E-state index in [4.69, 9.17) is 9.47 Å². The zero-order valence-electron chi connectivity index (χ0n) is 5.55. The molecule has 2 nitrogen and oxygen atoms in total. The van der Waals surface area contributed by atoms with Gasteiger partial charge >= 0.3 is 0 Å². The Bertz CT molecular complexity index is 152. The fourth-order valence-electron chi connectivity index (χ4n) is 0.590. The fourth-order valence-corrected chi connectivity index (χ4v) is 0.910. The van der Waals surface area contributed by atoms with Gasteiger partial charge in [0.2, 0.25) is 0 Å². The maximum absolute atomic E-state index is 5.06. The summed E-state index contributed by atoms with van der Waals surface area (Å²) >= 11 is 3.35. The van der Waals surface area contributed by atoms with E-state index in [0.717, 1.165) is 4.48 Å². The Labute approximate surface area is 68.6 Å². The lowest BCUT2D eigenvalue weighted by atomic mass is 10.4. The van der Waals surface area contributed by atoms with Crippen molar-refractivity contribution in [2.45, 2.75) is 0 Å². The summed E-state index contributed by atoms with van der Waals surface area (Å²) in [5, 5.41) is 0. The quantitative estimate of drug-likeness (QED) is 0.600. The minimum atomic E-state index is 0.376. The van der Waals surface area contributed by atoms with Gasteiger partial charge in [0.25, 0.3) is 0 Å². The third-order valence-corrected chi connectivity index (χ3v) is 1.64. The van der Waals surface area contributed by atoms with Gasteiger partial charge in [-0.05, 0) is 12.2 Å². The van der Waals surface area contributed by atoms with Crippen LogP contribution in [0.5, 0.6) is 0 Å². The normalized spacial score (nSPS) is 29.1. The van der Waals surface area contributed by atoms with Crippen LogP contribution in [-0.4, -0.2) is 20.0 Å². The number of hydrogen-bond donors (Lipinski definition) is 0. The van der Waals surface area contributed by atoms with E-state index in [0.29, 0.717) is 20.0 Å². The maximum atomic E-state index is 5.06. The van der Waals surface area contributed by atoms with Gasteiger partial charge < -0.3 is 9.47 Å². The monoisotopic (exact) mass is 204 g/mol. The molecule has 1 heterocycles. The molecule has 0 bridgehead atoms. The molecule has 0 atom stereocenters. The summed E-state index contributed by atoms with van der Waals surface area (Å²) in [5.74, 6) is 0. The van der Waals surface area contributed by atoms with Gasteiger partial charge in [-0.25, -0.2) is 0 Å². The van der Waals surface area contributed by atoms with Crippen LogP contribution in [0, 0.1) is 0 Å². The van der Waals surface area contributed by atoms with Gasteiger partial charge in [0.1, 0.15) is 6.79 Å². The molecule has 0 radical (unpaired) electrons. The molecule has 56 valence electrons. The number of allylic oxidation sites excluding steroid dienone is 2. The summed E-state index contributed by atoms with van der Waals surface area (Å²) in [7, 11) is 0. The van der Waals surface area contributed by atoms with E-state index in [9.17, 15) is 0 Å². The molecule has 1 aliphatic rings. The first kappa shape index (κ1) is 7.98. The Morgan fingerprint density at radius 3 is 3.00 bits per heavy atom. The van der Waals surface area contributed by atoms with Crippen LogP contribution in [0.25, 0.3) is 0 Å². The molecule has 0 aromatic carbocycles. The fraction of sp³-hybridized carbons (Fsp3) is 0.429. The van der Waals surface area contributed by atoms with Crippen molar-refractivity contribution >= 4 is 15.9 Å². The van der Waals surface area contributed by atoms with Crippen LogP contribution < -0.4 is 0 Å². The van der Waals surface area contributed by atoms with E-state index in [1.54, 1.807) is 0 Å². The third kappa shape index (κ3) is 3.15. The standard InChI is InChI=1S/C7H9BrO2/c8-7-2-1-4-9-6-10-5-3-7/h1-3H,4-6H2/b2-1-,7-3+. The Morgan fingerprint density at radius 2 is 2.10 bits per heavy atom. The number of rotatable bonds is 0. The number of ether oxygens (including phenoxy) is 2. The molecule has 10 heavy (non-hydrogen) atoms. The predicted octanol–water partition coefficient (Wildman–Crippen LogP) is 1.83. The zero-order chi connectivity index (χ0) is 7.23. The van der Waals surface area contributed by atoms with Crippen LogP contribution in [0.15, 0.2) is 22.7 Å². The van der Waals surface area contributed by atoms with Gasteiger partial charge in [0.05, 0.1) is 13.2 Å². The van der Waals surface area contributed by atoms with E-state index in [2.05, 4.69) is 15.9 Å². The lowest BCUT2D eigenvalue weighted by molar-refractivity contribution is -0.0327. The number of hydrogen-bond acceptors (Lipinski definition) is 2. The highest BCUT2D eigenvalue weighted by Crippen LogP contribution is 2.06. The Morgan fingerprint density at radius 1 is 1.30 bits per heavy atom. The highest BCUT2D eigenvalue weighted by molar-refractivity contribution is 9.11. The van der Waals surface area contributed by atoms with Gasteiger partial charge in [-0.1, -0.05) is 22.0 Å². The SMILES string of the molecule is BrC1=C/COCOC/C=C\1. The summed E-state index contributed by atoms with van der Waals surface area (Å²) in [6, 6.07) is 0. The second-order valence-electron chi connectivity index (χ2n) is 1.85. The van der Waals surface area contributed by atoms with Crippen LogP contribution in [0.4, 0.5) is 0 Å². The van der Waals surface area contributed by atoms with Crippen LogP contribution in [0.2, 0.25) is 0 Å². The average molecular weight is 205 g/mol. The van der Waals surface area contributed by atoms with Crippen molar-refractivity contribution in [2.75, 3.05) is 20.0 Å². The molecule has 1 aliphatic heterocycles. The van der Waals surface area contributed by atoms with Crippen molar-refractivity contribution in [1.29, 1.82) is 0 Å². The minimum Gasteiger partial charge on any atom is -0.351 e. The van der Waals surface area contributed by atoms with Crippen LogP contribution in [0.1, 0.15) is 0 Å². The van der Waals surface area contributed by atoms with Crippen molar-refractivity contribution in [3.63, 3.8) is 0 Å². The van der Waals surface area contributed by atoms with Gasteiger partial charge in [0.15, 0.2) is 0 Å². The Kier molecular flexibility index (Phi) is 3.72. The third-order valence-electron chi connectivity index (χ3n) is 1.05. The van der Waals surface area contributed by atoms with E-state index in [1.807, 2.05) is 18.2 Å². The molecule has 0 aromatic rings. The first-order valence-electron chi connectivity index (χ1n) is 3.07. The lowest BCUT2D eigenvalue weighted by Crippen LogP contribution is -1.98. The molecule has 0 amide bonds. The van der Waals surface area contributed by atoms with Gasteiger partial charge in [-0.2, -0.15) is 0 Å². The molecular formula is C7H9BrO2. The predicted molar refractivity (Wildman–Crippen MR) is 42.9 cm³/mol. The van der Waals surface area contributed by atoms with Crippen molar-refractivity contribution in [3.05, 3.63) is 22.7 Å². The van der Waals surface area contributed by atoms with Gasteiger partial charge in [0, 0.05) is 4.48 Å². The van der Waals surface area contributed by atoms with E-state index in [1.165, 1.54) is 0 Å². The molecule has 0 spiro atoms. The summed E-state index contributed by atoms with van der Waals surface area (Å²) in [4.78, 5) is 0. The second kappa shape index (κ2) is 4.66. The largest absolute Gasteiger partial charge is 0.351 e. The highest BCUT2D eigenvalue weighted by atomic mass is 79.9. The van der Waals surface area contributed by atoms with Crippen molar-refractivity contribution < 1.29 is 9.47 Å². The van der Waals surface area contributed by atoms with Gasteiger partial charge in [-0.15, -0.1) is 0 Å². The summed E-state index contributed by atoms with van der Waals surface area (Å²) in [6.07, 6.45) is 5.84. The molecule has 0 saturated heterocycles. The van der Waals surface area contributed by atoms with Crippen LogP contribution >= 0.6 is 15.9 Å². The molecule has 0 N–H and O–H groups in total. The Balaban J connectivity index is 2.44.